The Labute approximate surface area is 171 Å². The van der Waals surface area contributed by atoms with Gasteiger partial charge in [-0.3, -0.25) is 4.68 Å². The van der Waals surface area contributed by atoms with Crippen molar-refractivity contribution in [3.63, 3.8) is 0 Å². The Morgan fingerprint density at radius 1 is 1.07 bits per heavy atom. The number of nitrogens with two attached hydrogens (primary N) is 1. The summed E-state index contributed by atoms with van der Waals surface area (Å²) in [5.41, 5.74) is 8.99. The summed E-state index contributed by atoms with van der Waals surface area (Å²) < 4.78 is 13.1. The van der Waals surface area contributed by atoms with E-state index in [1.54, 1.807) is 6.20 Å². The first kappa shape index (κ1) is 20.3. The van der Waals surface area contributed by atoms with Gasteiger partial charge in [-0.1, -0.05) is 30.3 Å². The molecule has 152 valence electrons. The van der Waals surface area contributed by atoms with Crippen molar-refractivity contribution < 1.29 is 9.47 Å². The van der Waals surface area contributed by atoms with Gasteiger partial charge in [-0.05, 0) is 31.5 Å². The van der Waals surface area contributed by atoms with Crippen LogP contribution in [-0.2, 0) is 13.1 Å². The topological polar surface area (TPSA) is 86.7 Å². The predicted molar refractivity (Wildman–Crippen MR) is 116 cm³/mol. The van der Waals surface area contributed by atoms with Crippen LogP contribution in [0.3, 0.4) is 0 Å². The molecule has 29 heavy (non-hydrogen) atoms. The van der Waals surface area contributed by atoms with Gasteiger partial charge in [0, 0.05) is 17.8 Å². The lowest BCUT2D eigenvalue weighted by molar-refractivity contribution is 0.332. The SMILES string of the molecule is CCOc1ccc(OCC)c(NC(N)=NCc2cnn(Cc3ccccc3)c2)c1. The lowest BCUT2D eigenvalue weighted by atomic mass is 10.2. The first-order valence-electron chi connectivity index (χ1n) is 9.69. The zero-order valence-electron chi connectivity index (χ0n) is 16.8. The van der Waals surface area contributed by atoms with Crippen molar-refractivity contribution in [3.05, 3.63) is 72.1 Å². The van der Waals surface area contributed by atoms with E-state index in [1.807, 2.05) is 61.1 Å². The minimum atomic E-state index is 0.301. The number of ether oxygens (including phenoxy) is 2. The summed E-state index contributed by atoms with van der Waals surface area (Å²) in [6, 6.07) is 15.8. The predicted octanol–water partition coefficient (Wildman–Crippen LogP) is 3.66. The molecule has 7 heteroatoms. The Kier molecular flexibility index (Phi) is 7.10. The molecular weight excluding hydrogens is 366 g/mol. The first-order chi connectivity index (χ1) is 14.2. The Hall–Kier alpha value is -3.48. The summed E-state index contributed by atoms with van der Waals surface area (Å²) in [6.07, 6.45) is 3.78. The van der Waals surface area contributed by atoms with Gasteiger partial charge in [-0.25, -0.2) is 4.99 Å². The highest BCUT2D eigenvalue weighted by Gasteiger charge is 2.07. The fourth-order valence-corrected chi connectivity index (χ4v) is 2.84. The van der Waals surface area contributed by atoms with E-state index in [2.05, 4.69) is 27.5 Å². The Balaban J connectivity index is 1.64. The molecule has 1 heterocycles. The van der Waals surface area contributed by atoms with Gasteiger partial charge in [-0.15, -0.1) is 0 Å². The van der Waals surface area contributed by atoms with Crippen molar-refractivity contribution in [2.75, 3.05) is 18.5 Å². The molecule has 0 saturated heterocycles. The molecule has 0 aliphatic carbocycles. The van der Waals surface area contributed by atoms with Crippen molar-refractivity contribution in [3.8, 4) is 11.5 Å². The number of aliphatic imine (C=N–C) groups is 1. The van der Waals surface area contributed by atoms with Gasteiger partial charge in [0.25, 0.3) is 0 Å². The van der Waals surface area contributed by atoms with Crippen LogP contribution >= 0.6 is 0 Å². The molecule has 3 N–H and O–H groups in total. The number of aromatic nitrogens is 2. The molecule has 0 atom stereocenters. The molecule has 3 rings (SSSR count). The van der Waals surface area contributed by atoms with Crippen LogP contribution in [0, 0.1) is 0 Å². The van der Waals surface area contributed by atoms with E-state index in [9.17, 15) is 0 Å². The standard InChI is InChI=1S/C22H27N5O2/c1-3-28-19-10-11-21(29-4-2)20(12-19)26-22(23)24-13-18-14-25-27(16-18)15-17-8-6-5-7-9-17/h5-12,14,16H,3-4,13,15H2,1-2H3,(H3,23,24,26). The number of guanidine groups is 1. The van der Waals surface area contributed by atoms with Gasteiger partial charge in [0.1, 0.15) is 11.5 Å². The second-order valence-electron chi connectivity index (χ2n) is 6.38. The van der Waals surface area contributed by atoms with Crippen molar-refractivity contribution in [2.24, 2.45) is 10.7 Å². The molecular formula is C22H27N5O2. The second-order valence-corrected chi connectivity index (χ2v) is 6.38. The first-order valence-corrected chi connectivity index (χ1v) is 9.69. The highest BCUT2D eigenvalue weighted by atomic mass is 16.5. The van der Waals surface area contributed by atoms with Gasteiger partial charge in [-0.2, -0.15) is 5.10 Å². The minimum Gasteiger partial charge on any atom is -0.494 e. The van der Waals surface area contributed by atoms with Crippen molar-refractivity contribution >= 4 is 11.6 Å². The van der Waals surface area contributed by atoms with Crippen LogP contribution in [0.1, 0.15) is 25.0 Å². The molecule has 0 spiro atoms. The van der Waals surface area contributed by atoms with E-state index < -0.39 is 0 Å². The van der Waals surface area contributed by atoms with E-state index >= 15 is 0 Å². The largest absolute Gasteiger partial charge is 0.494 e. The van der Waals surface area contributed by atoms with E-state index in [0.29, 0.717) is 31.5 Å². The highest BCUT2D eigenvalue weighted by molar-refractivity contribution is 5.94. The molecule has 0 saturated carbocycles. The maximum Gasteiger partial charge on any atom is 0.193 e. The average Bonchev–Trinajstić information content (AvgIpc) is 3.17. The summed E-state index contributed by atoms with van der Waals surface area (Å²) in [7, 11) is 0. The summed E-state index contributed by atoms with van der Waals surface area (Å²) in [6.45, 7) is 6.18. The van der Waals surface area contributed by atoms with Gasteiger partial charge < -0.3 is 20.5 Å². The van der Waals surface area contributed by atoms with Crippen molar-refractivity contribution in [2.45, 2.75) is 26.9 Å². The molecule has 7 nitrogen and oxygen atoms in total. The van der Waals surface area contributed by atoms with Crippen LogP contribution in [0.2, 0.25) is 0 Å². The fraction of sp³-hybridized carbons (Fsp3) is 0.273. The molecule has 0 amide bonds. The summed E-state index contributed by atoms with van der Waals surface area (Å²) in [5.74, 6) is 1.74. The normalized spacial score (nSPS) is 11.3. The number of hydrogen-bond donors (Lipinski definition) is 2. The van der Waals surface area contributed by atoms with Crippen LogP contribution in [0.4, 0.5) is 5.69 Å². The number of anilines is 1. The van der Waals surface area contributed by atoms with Crippen LogP contribution in [0.5, 0.6) is 11.5 Å². The smallest absolute Gasteiger partial charge is 0.193 e. The molecule has 0 bridgehead atoms. The van der Waals surface area contributed by atoms with Crippen LogP contribution in [0.15, 0.2) is 65.9 Å². The summed E-state index contributed by atoms with van der Waals surface area (Å²) in [5, 5.41) is 7.50. The lowest BCUT2D eigenvalue weighted by Gasteiger charge is -2.13. The number of hydrogen-bond acceptors (Lipinski definition) is 4. The number of rotatable bonds is 9. The lowest BCUT2D eigenvalue weighted by Crippen LogP contribution is -2.23. The Morgan fingerprint density at radius 3 is 2.62 bits per heavy atom. The Bertz CT molecular complexity index is 937. The van der Waals surface area contributed by atoms with E-state index in [1.165, 1.54) is 5.56 Å². The van der Waals surface area contributed by atoms with Crippen molar-refractivity contribution in [1.29, 1.82) is 0 Å². The monoisotopic (exact) mass is 393 g/mol. The maximum absolute atomic E-state index is 6.09. The second kappa shape index (κ2) is 10.2. The fourth-order valence-electron chi connectivity index (χ4n) is 2.84. The molecule has 1 aromatic heterocycles. The third-order valence-corrected chi connectivity index (χ3v) is 4.13. The number of nitrogens with one attached hydrogen (secondary N) is 1. The Morgan fingerprint density at radius 2 is 1.86 bits per heavy atom. The van der Waals surface area contributed by atoms with E-state index in [-0.39, 0.29) is 0 Å². The third-order valence-electron chi connectivity index (χ3n) is 4.13. The van der Waals surface area contributed by atoms with Gasteiger partial charge >= 0.3 is 0 Å². The molecule has 0 unspecified atom stereocenters. The number of nitrogens with zero attached hydrogens (tertiary/aromatic N) is 3. The molecule has 0 radical (unpaired) electrons. The highest BCUT2D eigenvalue weighted by Crippen LogP contribution is 2.29. The number of benzene rings is 2. The van der Waals surface area contributed by atoms with Gasteiger partial charge in [0.05, 0.1) is 38.2 Å². The van der Waals surface area contributed by atoms with E-state index in [4.69, 9.17) is 15.2 Å². The van der Waals surface area contributed by atoms with Crippen LogP contribution in [-0.4, -0.2) is 29.0 Å². The molecule has 0 fully saturated rings. The maximum atomic E-state index is 6.09. The summed E-state index contributed by atoms with van der Waals surface area (Å²) >= 11 is 0. The summed E-state index contributed by atoms with van der Waals surface area (Å²) in [4.78, 5) is 4.42. The van der Waals surface area contributed by atoms with Crippen LogP contribution < -0.4 is 20.5 Å². The molecule has 0 aliphatic heterocycles. The molecule has 3 aromatic rings. The molecule has 0 aliphatic rings. The van der Waals surface area contributed by atoms with E-state index in [0.717, 1.165) is 23.5 Å². The quantitative estimate of drug-likeness (QED) is 0.428. The van der Waals surface area contributed by atoms with Crippen molar-refractivity contribution in [1.82, 2.24) is 9.78 Å². The zero-order chi connectivity index (χ0) is 20.5. The van der Waals surface area contributed by atoms with Gasteiger partial charge in [0.15, 0.2) is 5.96 Å². The van der Waals surface area contributed by atoms with Crippen LogP contribution in [0.25, 0.3) is 0 Å². The molecule has 2 aromatic carbocycles. The minimum absolute atomic E-state index is 0.301. The zero-order valence-corrected chi connectivity index (χ0v) is 16.8. The average molecular weight is 393 g/mol. The van der Waals surface area contributed by atoms with Gasteiger partial charge in [0.2, 0.25) is 0 Å². The third kappa shape index (κ3) is 6.00.